The average Bonchev–Trinajstić information content (AvgIpc) is 2.30. The van der Waals surface area contributed by atoms with E-state index in [0.29, 0.717) is 0 Å². The molecule has 0 radical (unpaired) electrons. The fourth-order valence-corrected chi connectivity index (χ4v) is 1.58. The van der Waals surface area contributed by atoms with Crippen molar-refractivity contribution >= 4 is 12.4 Å². The van der Waals surface area contributed by atoms with Crippen LogP contribution in [-0.2, 0) is 9.59 Å². The van der Waals surface area contributed by atoms with E-state index in [0.717, 1.165) is 16.9 Å². The van der Waals surface area contributed by atoms with E-state index in [-0.39, 0.29) is 13.0 Å². The maximum atomic E-state index is 10.7. The van der Waals surface area contributed by atoms with Crippen LogP contribution in [0.2, 0.25) is 0 Å². The Morgan fingerprint density at radius 2 is 2.16 bits per heavy atom. The molecule has 0 aromatic heterocycles. The molecule has 0 saturated carbocycles. The second-order valence-electron chi connectivity index (χ2n) is 4.04. The number of rotatable bonds is 7. The van der Waals surface area contributed by atoms with Crippen molar-refractivity contribution in [3.8, 4) is 5.75 Å². The minimum Gasteiger partial charge on any atom is -0.520 e. The summed E-state index contributed by atoms with van der Waals surface area (Å²) < 4.78 is 5.49. The smallest absolute Gasteiger partial charge is 0.323 e. The van der Waals surface area contributed by atoms with E-state index in [1.54, 1.807) is 0 Å². The van der Waals surface area contributed by atoms with Gasteiger partial charge in [0.1, 0.15) is 11.8 Å². The first-order chi connectivity index (χ1) is 8.54. The fourth-order valence-electron chi connectivity index (χ4n) is 1.58. The van der Waals surface area contributed by atoms with Crippen LogP contribution in [0.4, 0.5) is 0 Å². The van der Waals surface area contributed by atoms with E-state index in [1.807, 2.05) is 32.0 Å². The number of nitrogens with one attached hydrogen (secondary N) is 1. The van der Waals surface area contributed by atoms with Crippen molar-refractivity contribution in [3.05, 3.63) is 29.3 Å². The number of carbonyl (C=O) groups excluding carboxylic acids is 1. The maximum Gasteiger partial charge on any atom is 0.323 e. The van der Waals surface area contributed by atoms with Crippen molar-refractivity contribution < 1.29 is 19.4 Å². The Kier molecular flexibility index (Phi) is 6.15. The molecule has 0 fully saturated rings. The number of carbonyl (C=O) groups is 1. The quantitative estimate of drug-likeness (QED) is 0.430. The monoisotopic (exact) mass is 507 g/mol. The number of aryl methyl sites for hydroxylation is 2. The Labute approximate surface area is 106 Å². The summed E-state index contributed by atoms with van der Waals surface area (Å²) in [6.07, 6.45) is 1.57. The normalized spacial score (nSPS) is 11.1. The first-order valence-electron chi connectivity index (χ1n) is 5.60. The Hall–Kier alpha value is -3.04. The number of hydrogen-bond acceptors (Lipinski definition) is 3. The van der Waals surface area contributed by atoms with Crippen molar-refractivity contribution in [1.82, 2.24) is 5.32 Å². The van der Waals surface area contributed by atoms with Gasteiger partial charge in [-0.25, -0.2) is 0 Å². The standard InChI is InChI=1S/C13H16NO4.Fm/c1-9-3-4-12(10(2)7-9)18-6-5-11(13(16)17)14-8-15;/h3-4,7,11H,5-6H2,1-2H3,(H,14,15)(H,16,17);/q-1;. The van der Waals surface area contributed by atoms with Gasteiger partial charge < -0.3 is 20.0 Å². The number of amides is 1. The summed E-state index contributed by atoms with van der Waals surface area (Å²) in [6.45, 7) is 4.13. The first kappa shape index (κ1) is 16.0. The van der Waals surface area contributed by atoms with E-state index < -0.39 is 12.0 Å². The van der Waals surface area contributed by atoms with E-state index in [2.05, 4.69) is 5.32 Å². The van der Waals surface area contributed by atoms with Gasteiger partial charge in [0.05, 0.1) is 6.61 Å². The van der Waals surface area contributed by atoms with Crippen LogP contribution in [0.25, 0.3) is 0 Å². The molecule has 1 atom stereocenters. The van der Waals surface area contributed by atoms with Gasteiger partial charge in [-0.05, 0) is 25.5 Å². The third kappa shape index (κ3) is 4.77. The van der Waals surface area contributed by atoms with E-state index in [1.165, 1.54) is 6.41 Å². The minimum atomic E-state index is -1.09. The predicted molar refractivity (Wildman–Crippen MR) is 66.3 cm³/mol. The topological polar surface area (TPSA) is 75.6 Å². The van der Waals surface area contributed by atoms with Crippen molar-refractivity contribution in [2.45, 2.75) is 26.3 Å². The molecule has 1 amide bonds. The molecule has 0 heterocycles. The molecule has 0 spiro atoms. The van der Waals surface area contributed by atoms with Gasteiger partial charge in [0.2, 0.25) is 0 Å². The molecule has 1 unspecified atom stereocenters. The molecule has 1 aromatic rings. The third-order valence-electron chi connectivity index (χ3n) is 2.53. The molecule has 0 saturated heterocycles. The summed E-state index contributed by atoms with van der Waals surface area (Å²) in [4.78, 5) is 20.9. The molecule has 0 aliphatic carbocycles. The van der Waals surface area contributed by atoms with Crippen LogP contribution < -0.4 is 10.1 Å². The molecule has 0 aliphatic heterocycles. The number of aliphatic carboxylic acids is 1. The summed E-state index contributed by atoms with van der Waals surface area (Å²) in [5, 5.41) is 10.9. The SMILES string of the molecule is Cc1ccc(OCCC(N[C-]=O)C(=O)O)c(C)c1.[Fm]. The van der Waals surface area contributed by atoms with Crippen molar-refractivity contribution in [3.63, 3.8) is 0 Å². The molecule has 0 bridgehead atoms. The molecule has 110 valence electrons. The third-order valence-corrected chi connectivity index (χ3v) is 2.53. The number of carboxylic acid groups (broad SMARTS) is 1. The zero-order valence-electron chi connectivity index (χ0n) is 10.7. The molecular weight excluding hydrogens is 491 g/mol. The van der Waals surface area contributed by atoms with E-state index >= 15 is 0 Å². The van der Waals surface area contributed by atoms with Gasteiger partial charge in [-0.2, -0.15) is 6.41 Å². The molecule has 6 heteroatoms. The zero-order chi connectivity index (χ0) is 13.5. The predicted octanol–water partition coefficient (Wildman–Crippen LogP) is 1.18. The second-order valence-corrected chi connectivity index (χ2v) is 4.04. The fraction of sp³-hybridized carbons (Fsp3) is 0.385. The average molecular weight is 507 g/mol. The number of hydrogen-bond donors (Lipinski definition) is 2. The van der Waals surface area contributed by atoms with Crippen LogP contribution in [0.5, 0.6) is 5.75 Å². The number of ether oxygens (including phenoxy) is 1. The van der Waals surface area contributed by atoms with Gasteiger partial charge >= 0.3 is 5.97 Å². The van der Waals surface area contributed by atoms with E-state index in [9.17, 15) is 9.59 Å². The summed E-state index contributed by atoms with van der Waals surface area (Å²) in [6, 6.07) is 4.79. The molecular formula is C13H16FmNO4-. The van der Waals surface area contributed by atoms with Crippen LogP contribution in [0.1, 0.15) is 17.5 Å². The van der Waals surface area contributed by atoms with Crippen LogP contribution in [-0.4, -0.2) is 30.1 Å². The molecule has 5 nitrogen and oxygen atoms in total. The van der Waals surface area contributed by atoms with Gasteiger partial charge in [0, 0.05) is 6.42 Å². The van der Waals surface area contributed by atoms with Crippen molar-refractivity contribution in [1.29, 1.82) is 0 Å². The van der Waals surface area contributed by atoms with Gasteiger partial charge in [-0.15, -0.1) is 0 Å². The van der Waals surface area contributed by atoms with Gasteiger partial charge in [0.25, 0.3) is 0 Å². The largest absolute Gasteiger partial charge is 0.520 e. The zero-order valence-corrected chi connectivity index (χ0v) is 13.1. The number of benzene rings is 1. The van der Waals surface area contributed by atoms with Gasteiger partial charge in [0.15, 0.2) is 0 Å². The van der Waals surface area contributed by atoms with Crippen LogP contribution >= 0.6 is 0 Å². The summed E-state index contributed by atoms with van der Waals surface area (Å²) >= 11 is 0. The summed E-state index contributed by atoms with van der Waals surface area (Å²) in [7, 11) is 0. The van der Waals surface area contributed by atoms with Gasteiger partial charge in [-0.1, -0.05) is 17.7 Å². The molecule has 1 rings (SSSR count). The Bertz CT molecular complexity index is 437. The van der Waals surface area contributed by atoms with E-state index in [4.69, 9.17) is 9.84 Å². The minimum absolute atomic E-state index is 0. The number of carboxylic acids is 1. The van der Waals surface area contributed by atoms with Crippen LogP contribution in [0, 0.1) is 13.8 Å². The summed E-state index contributed by atoms with van der Waals surface area (Å²) in [5.41, 5.74) is 2.14. The second kappa shape index (κ2) is 7.32. The van der Waals surface area contributed by atoms with Gasteiger partial charge in [-0.3, -0.25) is 4.79 Å². The molecule has 2 N–H and O–H groups in total. The maximum absolute atomic E-state index is 10.7. The Balaban J connectivity index is 0.00000324. The molecule has 19 heavy (non-hydrogen) atoms. The first-order valence-corrected chi connectivity index (χ1v) is 5.60. The van der Waals surface area contributed by atoms with Crippen molar-refractivity contribution in [2.75, 3.05) is 6.61 Å². The van der Waals surface area contributed by atoms with Crippen LogP contribution in [0.3, 0.4) is 0 Å². The molecule has 1 aromatic carbocycles. The Morgan fingerprint density at radius 1 is 1.47 bits per heavy atom. The molecule has 0 aliphatic rings. The van der Waals surface area contributed by atoms with Crippen LogP contribution in [0.15, 0.2) is 18.2 Å². The summed E-state index contributed by atoms with van der Waals surface area (Å²) in [5.74, 6) is -0.373. The Morgan fingerprint density at radius 3 is 2.68 bits per heavy atom. The van der Waals surface area contributed by atoms with Crippen molar-refractivity contribution in [2.24, 2.45) is 0 Å².